The number of rotatable bonds is 5. The van der Waals surface area contributed by atoms with E-state index in [1.54, 1.807) is 35.5 Å². The maximum absolute atomic E-state index is 13.6. The van der Waals surface area contributed by atoms with Crippen molar-refractivity contribution in [1.82, 2.24) is 4.98 Å². The summed E-state index contributed by atoms with van der Waals surface area (Å²) in [5.74, 6) is -1.41. The molecule has 0 aliphatic carbocycles. The molecule has 0 spiro atoms. The molecule has 1 aromatic carbocycles. The second-order valence-electron chi connectivity index (χ2n) is 4.32. The van der Waals surface area contributed by atoms with Gasteiger partial charge >= 0.3 is 5.97 Å². The van der Waals surface area contributed by atoms with E-state index < -0.39 is 12.0 Å². The highest BCUT2D eigenvalue weighted by molar-refractivity contribution is 7.13. The Labute approximate surface area is 119 Å². The highest BCUT2D eigenvalue weighted by atomic mass is 32.1. The number of halogens is 1. The highest BCUT2D eigenvalue weighted by Gasteiger charge is 2.19. The molecule has 0 bridgehead atoms. The monoisotopic (exact) mass is 295 g/mol. The number of carbonyl (C=O) groups is 1. The zero-order chi connectivity index (χ0) is 14.7. The molecule has 5 nitrogen and oxygen atoms in total. The van der Waals surface area contributed by atoms with Crippen LogP contribution in [0.1, 0.15) is 17.3 Å². The molecule has 20 heavy (non-hydrogen) atoms. The molecule has 0 fully saturated rings. The lowest BCUT2D eigenvalue weighted by molar-refractivity contribution is -0.138. The number of carboxylic acids is 1. The Morgan fingerprint density at radius 1 is 1.55 bits per heavy atom. The Hall–Kier alpha value is -1.99. The summed E-state index contributed by atoms with van der Waals surface area (Å²) in [6.07, 6.45) is 0. The van der Waals surface area contributed by atoms with Crippen LogP contribution in [0.15, 0.2) is 29.6 Å². The van der Waals surface area contributed by atoms with Crippen LogP contribution in [0, 0.1) is 5.82 Å². The van der Waals surface area contributed by atoms with Crippen molar-refractivity contribution in [3.63, 3.8) is 0 Å². The molecule has 3 N–H and O–H groups in total. The number of aromatic nitrogens is 1. The summed E-state index contributed by atoms with van der Waals surface area (Å²) in [5.41, 5.74) is 6.35. The Morgan fingerprint density at radius 3 is 2.90 bits per heavy atom. The third-order valence-electron chi connectivity index (χ3n) is 2.79. The van der Waals surface area contributed by atoms with Gasteiger partial charge in [-0.15, -0.1) is 11.3 Å². The molecule has 2 aromatic rings. The van der Waals surface area contributed by atoms with E-state index in [9.17, 15) is 9.18 Å². The van der Waals surface area contributed by atoms with E-state index in [1.165, 1.54) is 17.4 Å². The smallest absolute Gasteiger partial charge is 0.326 e. The second-order valence-corrected chi connectivity index (χ2v) is 5.15. The summed E-state index contributed by atoms with van der Waals surface area (Å²) >= 11 is 1.28. The fraction of sp³-hybridized carbons (Fsp3) is 0.231. The van der Waals surface area contributed by atoms with Gasteiger partial charge in [0.1, 0.15) is 11.9 Å². The van der Waals surface area contributed by atoms with Gasteiger partial charge in [-0.3, -0.25) is 4.79 Å². The lowest BCUT2D eigenvalue weighted by Gasteiger charge is -2.16. The minimum atomic E-state index is -1.14. The van der Waals surface area contributed by atoms with Crippen molar-refractivity contribution in [2.24, 2.45) is 5.73 Å². The molecule has 0 amide bonds. The van der Waals surface area contributed by atoms with E-state index in [2.05, 4.69) is 4.98 Å². The third kappa shape index (κ3) is 3.12. The first-order chi connectivity index (χ1) is 9.49. The summed E-state index contributed by atoms with van der Waals surface area (Å²) < 4.78 is 13.6. The molecular formula is C13H14FN3O2S. The largest absolute Gasteiger partial charge is 0.480 e. The predicted molar refractivity (Wildman–Crippen MR) is 75.2 cm³/mol. The van der Waals surface area contributed by atoms with Crippen molar-refractivity contribution in [2.75, 3.05) is 11.9 Å². The van der Waals surface area contributed by atoms with Crippen LogP contribution < -0.4 is 10.6 Å². The Morgan fingerprint density at radius 2 is 2.25 bits per heavy atom. The normalized spacial score (nSPS) is 12.2. The number of nitrogens with two attached hydrogens (primary N) is 1. The first kappa shape index (κ1) is 14.4. The number of hydrogen-bond acceptors (Lipinski definition) is 5. The number of hydrogen-bond donors (Lipinski definition) is 2. The molecule has 0 saturated carbocycles. The maximum atomic E-state index is 13.6. The molecule has 1 unspecified atom stereocenters. The summed E-state index contributed by atoms with van der Waals surface area (Å²) in [7, 11) is 1.77. The number of carboxylic acid groups (broad SMARTS) is 1. The van der Waals surface area contributed by atoms with Gasteiger partial charge in [0.15, 0.2) is 5.13 Å². The Bertz CT molecular complexity index is 617. The van der Waals surface area contributed by atoms with Crippen LogP contribution in [-0.4, -0.2) is 23.1 Å². The predicted octanol–water partition coefficient (Wildman–Crippen LogP) is 2.00. The molecule has 7 heteroatoms. The van der Waals surface area contributed by atoms with Crippen LogP contribution in [0.5, 0.6) is 0 Å². The molecule has 1 heterocycles. The highest BCUT2D eigenvalue weighted by Crippen LogP contribution is 2.24. The lowest BCUT2D eigenvalue weighted by Crippen LogP contribution is -2.22. The van der Waals surface area contributed by atoms with E-state index in [4.69, 9.17) is 10.8 Å². The van der Waals surface area contributed by atoms with Gasteiger partial charge in [0.05, 0.1) is 5.69 Å². The fourth-order valence-corrected chi connectivity index (χ4v) is 2.50. The Kier molecular flexibility index (Phi) is 4.31. The van der Waals surface area contributed by atoms with Crippen molar-refractivity contribution in [3.8, 4) is 0 Å². The zero-order valence-electron chi connectivity index (χ0n) is 10.8. The number of benzene rings is 1. The first-order valence-corrected chi connectivity index (χ1v) is 6.75. The van der Waals surface area contributed by atoms with Gasteiger partial charge in [0.2, 0.25) is 0 Å². The lowest BCUT2D eigenvalue weighted by atomic mass is 10.2. The van der Waals surface area contributed by atoms with Crippen LogP contribution in [0.4, 0.5) is 9.52 Å². The van der Waals surface area contributed by atoms with Crippen LogP contribution in [0.3, 0.4) is 0 Å². The van der Waals surface area contributed by atoms with Gasteiger partial charge in [-0.05, 0) is 6.07 Å². The van der Waals surface area contributed by atoms with Gasteiger partial charge in [-0.2, -0.15) is 0 Å². The van der Waals surface area contributed by atoms with E-state index in [-0.39, 0.29) is 5.82 Å². The van der Waals surface area contributed by atoms with Gasteiger partial charge < -0.3 is 15.7 Å². The molecule has 2 rings (SSSR count). The molecule has 0 aliphatic rings. The molecule has 0 saturated heterocycles. The molecule has 1 atom stereocenters. The number of aliphatic carboxylic acids is 1. The quantitative estimate of drug-likeness (QED) is 0.882. The van der Waals surface area contributed by atoms with Crippen LogP contribution in [0.2, 0.25) is 0 Å². The van der Waals surface area contributed by atoms with Crippen molar-refractivity contribution < 1.29 is 14.3 Å². The molecular weight excluding hydrogens is 281 g/mol. The summed E-state index contributed by atoms with van der Waals surface area (Å²) in [4.78, 5) is 16.7. The molecule has 0 aliphatic heterocycles. The third-order valence-corrected chi connectivity index (χ3v) is 3.76. The summed E-state index contributed by atoms with van der Waals surface area (Å²) in [6.45, 7) is 0.349. The van der Waals surface area contributed by atoms with E-state index in [0.717, 1.165) is 0 Å². The molecule has 0 radical (unpaired) electrons. The van der Waals surface area contributed by atoms with Gasteiger partial charge in [0.25, 0.3) is 0 Å². The van der Waals surface area contributed by atoms with Crippen molar-refractivity contribution in [1.29, 1.82) is 0 Å². The average Bonchev–Trinajstić information content (AvgIpc) is 2.90. The van der Waals surface area contributed by atoms with Crippen molar-refractivity contribution in [2.45, 2.75) is 12.6 Å². The summed E-state index contributed by atoms with van der Waals surface area (Å²) in [5, 5.41) is 11.0. The van der Waals surface area contributed by atoms with Crippen molar-refractivity contribution >= 4 is 22.4 Å². The SMILES string of the molecule is CN(Cc1ccccc1F)c1nc(C(N)C(=O)O)cs1. The first-order valence-electron chi connectivity index (χ1n) is 5.87. The Balaban J connectivity index is 2.12. The topological polar surface area (TPSA) is 79.5 Å². The molecule has 106 valence electrons. The minimum Gasteiger partial charge on any atom is -0.480 e. The zero-order valence-corrected chi connectivity index (χ0v) is 11.6. The average molecular weight is 295 g/mol. The number of nitrogens with zero attached hydrogens (tertiary/aromatic N) is 2. The van der Waals surface area contributed by atoms with Gasteiger partial charge in [-0.1, -0.05) is 18.2 Å². The van der Waals surface area contributed by atoms with Crippen LogP contribution in [-0.2, 0) is 11.3 Å². The van der Waals surface area contributed by atoms with E-state index >= 15 is 0 Å². The maximum Gasteiger partial charge on any atom is 0.326 e. The van der Waals surface area contributed by atoms with Crippen LogP contribution >= 0.6 is 11.3 Å². The minimum absolute atomic E-state index is 0.279. The van der Waals surface area contributed by atoms with Gasteiger partial charge in [-0.25, -0.2) is 9.37 Å². The fourth-order valence-electron chi connectivity index (χ4n) is 1.67. The number of anilines is 1. The van der Waals surface area contributed by atoms with E-state index in [1.807, 2.05) is 0 Å². The second kappa shape index (κ2) is 5.98. The van der Waals surface area contributed by atoms with E-state index in [0.29, 0.717) is 22.9 Å². The standard InChI is InChI=1S/C13H14FN3O2S/c1-17(6-8-4-2-3-5-9(8)14)13-16-10(7-20-13)11(15)12(18)19/h2-5,7,11H,6,15H2,1H3,(H,18,19). The number of thiazole rings is 1. The summed E-state index contributed by atoms with van der Waals surface area (Å²) in [6, 6.07) is 5.36. The van der Waals surface area contributed by atoms with Gasteiger partial charge in [0, 0.05) is 24.5 Å². The van der Waals surface area contributed by atoms with Crippen molar-refractivity contribution in [3.05, 3.63) is 46.7 Å². The molecule has 1 aromatic heterocycles. The van der Waals surface area contributed by atoms with Crippen LogP contribution in [0.25, 0.3) is 0 Å².